The molecule has 0 aromatic carbocycles. The maximum Gasteiger partial charge on any atom is 0.381 e. The molecule has 0 radical (unpaired) electrons. The van der Waals surface area contributed by atoms with Crippen LogP contribution >= 0.6 is 0 Å². The fourth-order valence-corrected chi connectivity index (χ4v) is 0.371. The van der Waals surface area contributed by atoms with Gasteiger partial charge in [0.25, 0.3) is 0 Å². The molecule has 0 bridgehead atoms. The Labute approximate surface area is 61.1 Å². The molecule has 0 fully saturated rings. The maximum absolute atomic E-state index is 10.3. The molecule has 0 aliphatic carbocycles. The predicted molar refractivity (Wildman–Crippen MR) is 35.0 cm³/mol. The van der Waals surface area contributed by atoms with Gasteiger partial charge in [-0.1, -0.05) is 5.16 Å². The lowest BCUT2D eigenvalue weighted by Crippen LogP contribution is -1.95. The van der Waals surface area contributed by atoms with Crippen molar-refractivity contribution in [1.29, 1.82) is 5.26 Å². The monoisotopic (exact) mass is 162 g/mol. The van der Waals surface area contributed by atoms with Gasteiger partial charge in [0.05, 0.1) is 7.11 Å². The minimum absolute atomic E-state index is 0.0883. The van der Waals surface area contributed by atoms with Crippen molar-refractivity contribution >= 4 is 17.1 Å². The molecule has 5 nitrogen and oxygen atoms in total. The molecule has 0 aromatic heterocycles. The van der Waals surface area contributed by atoms with E-state index in [1.54, 1.807) is 6.07 Å². The van der Waals surface area contributed by atoms with Crippen molar-refractivity contribution in [2.75, 3.05) is 7.11 Å². The second-order valence-corrected chi connectivity index (χ2v) is 2.12. The molecule has 0 rings (SSSR count). The molecule has 56 valence electrons. The smallest absolute Gasteiger partial charge is 0.265 e. The van der Waals surface area contributed by atoms with Crippen molar-refractivity contribution in [3.8, 4) is 6.07 Å². The van der Waals surface area contributed by atoms with Gasteiger partial charge in [0.1, 0.15) is 6.07 Å². The summed E-state index contributed by atoms with van der Waals surface area (Å²) in [6.45, 7) is 1.42. The molecule has 0 saturated carbocycles. The van der Waals surface area contributed by atoms with E-state index in [0.29, 0.717) is 0 Å². The Morgan fingerprint density at radius 3 is 2.80 bits per heavy atom. The fraction of sp³-hybridized carbons (Fsp3) is 0.500. The number of oxime groups is 1. The summed E-state index contributed by atoms with van der Waals surface area (Å²) >= 11 is -1.89. The summed E-state index contributed by atoms with van der Waals surface area (Å²) in [5, 5.41) is 11.3. The minimum atomic E-state index is -1.89. The molecule has 0 amide bonds. The van der Waals surface area contributed by atoms with Crippen LogP contribution in [0, 0.1) is 11.3 Å². The summed E-state index contributed by atoms with van der Waals surface area (Å²) in [7, 11) is 1.20. The van der Waals surface area contributed by atoms with E-state index in [-0.39, 0.29) is 5.71 Å². The number of nitriles is 1. The van der Waals surface area contributed by atoms with Gasteiger partial charge in [0, 0.05) is 0 Å². The average molecular weight is 162 g/mol. The third-order valence-corrected chi connectivity index (χ3v) is 1.00. The van der Waals surface area contributed by atoms with Crippen LogP contribution in [0.3, 0.4) is 0 Å². The Morgan fingerprint density at radius 1 is 1.80 bits per heavy atom. The molecule has 1 atom stereocenters. The van der Waals surface area contributed by atoms with Crippen molar-refractivity contribution in [3.05, 3.63) is 0 Å². The lowest BCUT2D eigenvalue weighted by Gasteiger charge is -1.91. The number of hydrogen-bond donors (Lipinski definition) is 0. The highest BCUT2D eigenvalue weighted by Crippen LogP contribution is 1.86. The standard InChI is InChI=1S/C4H6N2O3S/c1-4(3-5)6-9-10(7)8-2/h1-2H3/b6-4-. The SMILES string of the molecule is COS(=O)O/N=C(/C)C#N. The fourth-order valence-electron chi connectivity index (χ4n) is 0.137. The normalized spacial score (nSPS) is 13.9. The molecule has 6 heteroatoms. The minimum Gasteiger partial charge on any atom is -0.265 e. The first-order valence-corrected chi connectivity index (χ1v) is 3.29. The highest BCUT2D eigenvalue weighted by Gasteiger charge is 1.94. The molecule has 1 unspecified atom stereocenters. The maximum atomic E-state index is 10.3. The molecule has 0 aliphatic heterocycles. The first-order valence-electron chi connectivity index (χ1n) is 2.29. The third kappa shape index (κ3) is 4.00. The molecule has 0 aromatic rings. The summed E-state index contributed by atoms with van der Waals surface area (Å²) in [6, 6.07) is 1.68. The van der Waals surface area contributed by atoms with Gasteiger partial charge < -0.3 is 0 Å². The Balaban J connectivity index is 3.75. The number of nitrogens with zero attached hydrogens (tertiary/aromatic N) is 2. The van der Waals surface area contributed by atoms with Gasteiger partial charge in [-0.2, -0.15) is 9.47 Å². The van der Waals surface area contributed by atoms with Crippen molar-refractivity contribution in [2.24, 2.45) is 5.16 Å². The summed E-state index contributed by atoms with van der Waals surface area (Å²) in [6.07, 6.45) is 0. The Morgan fingerprint density at radius 2 is 2.40 bits per heavy atom. The quantitative estimate of drug-likeness (QED) is 0.436. The summed E-state index contributed by atoms with van der Waals surface area (Å²) in [5.74, 6) is 0. The second kappa shape index (κ2) is 4.90. The van der Waals surface area contributed by atoms with Crippen LogP contribution in [-0.4, -0.2) is 17.0 Å². The highest BCUT2D eigenvalue weighted by atomic mass is 32.2. The molecular formula is C4H6N2O3S. The third-order valence-electron chi connectivity index (χ3n) is 0.533. The van der Waals surface area contributed by atoms with Gasteiger partial charge in [0.2, 0.25) is 0 Å². The Hall–Kier alpha value is -0.930. The highest BCUT2D eigenvalue weighted by molar-refractivity contribution is 7.75. The average Bonchev–Trinajstić information content (AvgIpc) is 1.99. The molecule has 10 heavy (non-hydrogen) atoms. The zero-order valence-electron chi connectivity index (χ0n) is 5.53. The van der Waals surface area contributed by atoms with Gasteiger partial charge in [0.15, 0.2) is 5.71 Å². The zero-order chi connectivity index (χ0) is 7.98. The lowest BCUT2D eigenvalue weighted by atomic mass is 10.5. The van der Waals surface area contributed by atoms with E-state index in [0.717, 1.165) is 0 Å². The largest absolute Gasteiger partial charge is 0.381 e. The van der Waals surface area contributed by atoms with Crippen molar-refractivity contribution < 1.29 is 12.7 Å². The summed E-state index contributed by atoms with van der Waals surface area (Å²) < 4.78 is 18.6. The zero-order valence-corrected chi connectivity index (χ0v) is 6.34. The van der Waals surface area contributed by atoms with Crippen LogP contribution in [0.4, 0.5) is 0 Å². The van der Waals surface area contributed by atoms with E-state index in [2.05, 4.69) is 13.6 Å². The first kappa shape index (κ1) is 9.07. The van der Waals surface area contributed by atoms with Crippen LogP contribution < -0.4 is 0 Å². The van der Waals surface area contributed by atoms with E-state index in [9.17, 15) is 4.21 Å². The number of rotatable bonds is 3. The van der Waals surface area contributed by atoms with Crippen LogP contribution in [-0.2, 0) is 19.8 Å². The van der Waals surface area contributed by atoms with Crippen molar-refractivity contribution in [3.63, 3.8) is 0 Å². The van der Waals surface area contributed by atoms with E-state index in [4.69, 9.17) is 5.26 Å². The van der Waals surface area contributed by atoms with E-state index >= 15 is 0 Å². The molecule has 0 heterocycles. The number of hydrogen-bond acceptors (Lipinski definition) is 5. The predicted octanol–water partition coefficient (Wildman–Crippen LogP) is 0.128. The van der Waals surface area contributed by atoms with Gasteiger partial charge in [-0.3, -0.25) is 8.47 Å². The van der Waals surface area contributed by atoms with Gasteiger partial charge in [-0.25, -0.2) is 0 Å². The summed E-state index contributed by atoms with van der Waals surface area (Å²) in [5.41, 5.74) is 0.0883. The summed E-state index contributed by atoms with van der Waals surface area (Å²) in [4.78, 5) is 0. The van der Waals surface area contributed by atoms with Crippen LogP contribution in [0.2, 0.25) is 0 Å². The van der Waals surface area contributed by atoms with Gasteiger partial charge in [-0.05, 0) is 6.92 Å². The van der Waals surface area contributed by atoms with Crippen molar-refractivity contribution in [2.45, 2.75) is 6.92 Å². The van der Waals surface area contributed by atoms with Crippen LogP contribution in [0.15, 0.2) is 5.16 Å². The Kier molecular flexibility index (Phi) is 4.45. The Bertz CT molecular complexity index is 195. The van der Waals surface area contributed by atoms with E-state index < -0.39 is 11.4 Å². The molecule has 0 N–H and O–H groups in total. The van der Waals surface area contributed by atoms with Crippen LogP contribution in [0.25, 0.3) is 0 Å². The molecule has 0 saturated heterocycles. The molecule has 0 spiro atoms. The topological polar surface area (TPSA) is 71.7 Å². The van der Waals surface area contributed by atoms with Crippen LogP contribution in [0.5, 0.6) is 0 Å². The van der Waals surface area contributed by atoms with E-state index in [1.807, 2.05) is 0 Å². The lowest BCUT2D eigenvalue weighted by molar-refractivity contribution is 0.296. The van der Waals surface area contributed by atoms with Gasteiger partial charge in [-0.15, -0.1) is 0 Å². The molecule has 0 aliphatic rings. The second-order valence-electron chi connectivity index (χ2n) is 1.23. The van der Waals surface area contributed by atoms with Crippen LogP contribution in [0.1, 0.15) is 6.92 Å². The first-order chi connectivity index (χ1) is 4.70. The van der Waals surface area contributed by atoms with E-state index in [1.165, 1.54) is 14.0 Å². The van der Waals surface area contributed by atoms with Crippen molar-refractivity contribution in [1.82, 2.24) is 0 Å². The van der Waals surface area contributed by atoms with Gasteiger partial charge >= 0.3 is 11.4 Å². The molecular weight excluding hydrogens is 156 g/mol.